The van der Waals surface area contributed by atoms with Gasteiger partial charge in [0.15, 0.2) is 0 Å². The van der Waals surface area contributed by atoms with Crippen molar-refractivity contribution in [3.05, 3.63) is 199 Å². The average molecular weight is 644 g/mol. The van der Waals surface area contributed by atoms with Gasteiger partial charge in [-0.3, -0.25) is 0 Å². The summed E-state index contributed by atoms with van der Waals surface area (Å²) in [5, 5.41) is 2.29. The molecule has 238 valence electrons. The number of hydrogen-bond acceptors (Lipinski definition) is 1. The molecule has 0 heterocycles. The monoisotopic (exact) mass is 643 g/mol. The normalized spacial score (nSPS) is 13.9. The first-order valence-corrected chi connectivity index (χ1v) is 17.1. The van der Waals surface area contributed by atoms with E-state index in [1.807, 2.05) is 89.8 Å². The minimum atomic E-state index is -0.264. The first-order chi connectivity index (χ1) is 26.2. The molecule has 0 atom stereocenters. The molecular formula is C49H37N. The minimum Gasteiger partial charge on any atom is -0.310 e. The molecule has 8 aromatic carbocycles. The first-order valence-electron chi connectivity index (χ1n) is 19.1. The Morgan fingerprint density at radius 3 is 1.76 bits per heavy atom. The Balaban J connectivity index is 1.20. The van der Waals surface area contributed by atoms with E-state index in [0.29, 0.717) is 5.56 Å². The number of hydrogen-bond donors (Lipinski definition) is 0. The van der Waals surface area contributed by atoms with Gasteiger partial charge in [0.05, 0.1) is 5.48 Å². The summed E-state index contributed by atoms with van der Waals surface area (Å²) in [7, 11) is 0. The molecule has 0 bridgehead atoms. The zero-order valence-electron chi connectivity index (χ0n) is 32.0. The second-order valence-corrected chi connectivity index (χ2v) is 13.5. The van der Waals surface area contributed by atoms with Gasteiger partial charge < -0.3 is 4.90 Å². The van der Waals surface area contributed by atoms with E-state index < -0.39 is 0 Å². The summed E-state index contributed by atoms with van der Waals surface area (Å²) in [4.78, 5) is 1.89. The van der Waals surface area contributed by atoms with Crippen molar-refractivity contribution in [3.63, 3.8) is 0 Å². The lowest BCUT2D eigenvalue weighted by atomic mass is 9.82. The molecule has 0 unspecified atom stereocenters. The predicted octanol–water partition coefficient (Wildman–Crippen LogP) is 13.6. The van der Waals surface area contributed by atoms with Crippen LogP contribution < -0.4 is 4.90 Å². The molecule has 0 N–H and O–H groups in total. The van der Waals surface area contributed by atoms with Gasteiger partial charge in [0.1, 0.15) is 0 Å². The average Bonchev–Trinajstić information content (AvgIpc) is 3.44. The van der Waals surface area contributed by atoms with Crippen molar-refractivity contribution < 1.29 is 5.48 Å². The van der Waals surface area contributed by atoms with Crippen LogP contribution in [0.2, 0.25) is 0 Å². The largest absolute Gasteiger partial charge is 0.310 e. The van der Waals surface area contributed by atoms with Gasteiger partial charge in [0, 0.05) is 22.5 Å². The Bertz CT molecular complexity index is 2710. The van der Waals surface area contributed by atoms with Crippen molar-refractivity contribution in [2.75, 3.05) is 4.90 Å². The van der Waals surface area contributed by atoms with Crippen LogP contribution in [0.25, 0.3) is 55.3 Å². The van der Waals surface area contributed by atoms with Crippen molar-refractivity contribution >= 4 is 27.8 Å². The number of benzene rings is 8. The SMILES string of the molecule is [2H]c1c([2H])c(N(c2ccc(-c3ccccc3)cc2)c2ccc3c(c2)C(C)(C)c2ccccc2-3)c([2H])c([2H])c1-c1cccc(-c2ccc3ccccc3c2)c1. The molecule has 8 aromatic rings. The number of fused-ring (bicyclic) bond motifs is 4. The number of nitrogens with zero attached hydrogens (tertiary/aromatic N) is 1. The molecular weight excluding hydrogens is 603 g/mol. The quantitative estimate of drug-likeness (QED) is 0.174. The van der Waals surface area contributed by atoms with Crippen LogP contribution in [0, 0.1) is 0 Å². The van der Waals surface area contributed by atoms with Gasteiger partial charge in [-0.1, -0.05) is 153 Å². The summed E-state index contributed by atoms with van der Waals surface area (Å²) in [5.41, 5.74) is 11.3. The van der Waals surface area contributed by atoms with Crippen molar-refractivity contribution in [2.24, 2.45) is 0 Å². The smallest absolute Gasteiger partial charge is 0.0645 e. The summed E-state index contributed by atoms with van der Waals surface area (Å²) in [5.74, 6) is 0. The van der Waals surface area contributed by atoms with Gasteiger partial charge in [-0.15, -0.1) is 0 Å². The fourth-order valence-electron chi connectivity index (χ4n) is 7.46. The van der Waals surface area contributed by atoms with Crippen LogP contribution >= 0.6 is 0 Å². The number of anilines is 3. The van der Waals surface area contributed by atoms with E-state index in [9.17, 15) is 5.48 Å². The van der Waals surface area contributed by atoms with E-state index in [2.05, 4.69) is 92.7 Å². The lowest BCUT2D eigenvalue weighted by molar-refractivity contribution is 0.660. The molecule has 1 nitrogen and oxygen atoms in total. The Kier molecular flexibility index (Phi) is 6.22. The zero-order valence-corrected chi connectivity index (χ0v) is 28.0. The third kappa shape index (κ3) is 5.19. The summed E-state index contributed by atoms with van der Waals surface area (Å²) < 4.78 is 37.9. The van der Waals surface area contributed by atoms with Gasteiger partial charge in [0.25, 0.3) is 0 Å². The molecule has 9 rings (SSSR count). The second-order valence-electron chi connectivity index (χ2n) is 13.5. The summed E-state index contributed by atoms with van der Waals surface area (Å²) in [6.45, 7) is 4.47. The van der Waals surface area contributed by atoms with Gasteiger partial charge in [-0.25, -0.2) is 0 Å². The van der Waals surface area contributed by atoms with Crippen molar-refractivity contribution in [1.29, 1.82) is 0 Å². The van der Waals surface area contributed by atoms with E-state index >= 15 is 0 Å². The lowest BCUT2D eigenvalue weighted by Gasteiger charge is -2.28. The Labute approximate surface area is 300 Å². The second kappa shape index (κ2) is 12.1. The maximum Gasteiger partial charge on any atom is 0.0645 e. The highest BCUT2D eigenvalue weighted by molar-refractivity contribution is 5.89. The third-order valence-corrected chi connectivity index (χ3v) is 10.1. The molecule has 0 saturated carbocycles. The molecule has 0 saturated heterocycles. The fraction of sp³-hybridized carbons (Fsp3) is 0.0612. The minimum absolute atomic E-state index is 0.0820. The number of rotatable bonds is 6. The van der Waals surface area contributed by atoms with Gasteiger partial charge in [-0.05, 0) is 115 Å². The fourth-order valence-corrected chi connectivity index (χ4v) is 7.46. The first kappa shape index (κ1) is 25.8. The molecule has 0 amide bonds. The molecule has 0 spiro atoms. The van der Waals surface area contributed by atoms with Gasteiger partial charge in [0.2, 0.25) is 0 Å². The van der Waals surface area contributed by atoms with Crippen LogP contribution in [0.1, 0.15) is 30.5 Å². The highest BCUT2D eigenvalue weighted by Gasteiger charge is 2.35. The Hall–Kier alpha value is -6.18. The Morgan fingerprint density at radius 1 is 0.380 bits per heavy atom. The van der Waals surface area contributed by atoms with Gasteiger partial charge in [-0.2, -0.15) is 0 Å². The van der Waals surface area contributed by atoms with E-state index in [4.69, 9.17) is 0 Å². The topological polar surface area (TPSA) is 3.24 Å². The molecule has 50 heavy (non-hydrogen) atoms. The van der Waals surface area contributed by atoms with E-state index in [1.165, 1.54) is 16.7 Å². The van der Waals surface area contributed by atoms with E-state index in [1.54, 1.807) is 0 Å². The highest BCUT2D eigenvalue weighted by Crippen LogP contribution is 2.50. The van der Waals surface area contributed by atoms with E-state index in [-0.39, 0.29) is 40.8 Å². The molecule has 1 aliphatic rings. The molecule has 1 heteroatoms. The van der Waals surface area contributed by atoms with Crippen LogP contribution in [-0.2, 0) is 5.41 Å². The predicted molar refractivity (Wildman–Crippen MR) is 213 cm³/mol. The molecule has 1 aliphatic carbocycles. The maximum absolute atomic E-state index is 9.54. The molecule has 0 aromatic heterocycles. The van der Waals surface area contributed by atoms with Crippen LogP contribution in [-0.4, -0.2) is 0 Å². The Morgan fingerprint density at radius 2 is 0.960 bits per heavy atom. The summed E-state index contributed by atoms with van der Waals surface area (Å²) in [6, 6.07) is 55.1. The lowest BCUT2D eigenvalue weighted by Crippen LogP contribution is -2.16. The van der Waals surface area contributed by atoms with Crippen LogP contribution in [0.15, 0.2) is 188 Å². The summed E-state index contributed by atoms with van der Waals surface area (Å²) >= 11 is 0. The van der Waals surface area contributed by atoms with E-state index in [0.717, 1.165) is 50.0 Å². The molecule has 0 fully saturated rings. The standard InChI is InChI=1S/C49H37N/c1-49(2)47-18-9-8-17-45(47)46-30-29-44(33-48(46)49)50(42-25-21-36(22-26-42)34-11-4-3-5-12-34)43-27-23-37(24-28-43)39-15-10-16-40(31-39)41-20-19-35-13-6-7-14-38(35)32-41/h3-33H,1-2H3/i23D,24D,27D,28D. The highest BCUT2D eigenvalue weighted by atomic mass is 15.1. The molecule has 0 radical (unpaired) electrons. The third-order valence-electron chi connectivity index (χ3n) is 10.1. The van der Waals surface area contributed by atoms with Crippen LogP contribution in [0.3, 0.4) is 0 Å². The van der Waals surface area contributed by atoms with Crippen LogP contribution in [0.5, 0.6) is 0 Å². The maximum atomic E-state index is 9.54. The van der Waals surface area contributed by atoms with Gasteiger partial charge >= 0.3 is 0 Å². The molecule has 0 aliphatic heterocycles. The van der Waals surface area contributed by atoms with Crippen molar-refractivity contribution in [1.82, 2.24) is 0 Å². The van der Waals surface area contributed by atoms with Crippen LogP contribution in [0.4, 0.5) is 17.1 Å². The van der Waals surface area contributed by atoms with Crippen molar-refractivity contribution in [3.8, 4) is 44.5 Å². The summed E-state index contributed by atoms with van der Waals surface area (Å²) in [6.07, 6.45) is 0. The zero-order chi connectivity index (χ0) is 37.1. The van der Waals surface area contributed by atoms with Crippen molar-refractivity contribution in [2.45, 2.75) is 19.3 Å².